The molecule has 1 N–H and O–H groups in total. The molecule has 3 heterocycles. The molecular weight excluding hydrogens is 534 g/mol. The first-order chi connectivity index (χ1) is 18.4. The smallest absolute Gasteiger partial charge is 0.419 e. The van der Waals surface area contributed by atoms with Crippen molar-refractivity contribution in [1.29, 1.82) is 5.26 Å². The third-order valence-electron chi connectivity index (χ3n) is 7.69. The fourth-order valence-corrected chi connectivity index (χ4v) is 5.73. The van der Waals surface area contributed by atoms with E-state index in [1.54, 1.807) is 36.1 Å². The monoisotopic (exact) mass is 559 g/mol. The molecule has 12 heteroatoms. The van der Waals surface area contributed by atoms with E-state index in [0.29, 0.717) is 29.9 Å². The Labute approximate surface area is 228 Å². The largest absolute Gasteiger partial charge is 0.492 e. The third-order valence-corrected chi connectivity index (χ3v) is 8.05. The van der Waals surface area contributed by atoms with Crippen LogP contribution in [-0.2, 0) is 11.0 Å². The Kier molecular flexibility index (Phi) is 6.63. The fourth-order valence-electron chi connectivity index (χ4n) is 5.26. The molecule has 3 fully saturated rings. The number of hydrogen-bond donors (Lipinski definition) is 1. The fraction of sp³-hybridized carbons (Fsp3) is 0.407. The number of rotatable bonds is 6. The predicted octanol–water partition coefficient (Wildman–Crippen LogP) is 5.06. The van der Waals surface area contributed by atoms with Crippen molar-refractivity contribution in [3.8, 4) is 11.8 Å². The van der Waals surface area contributed by atoms with E-state index in [2.05, 4.69) is 16.9 Å². The van der Waals surface area contributed by atoms with E-state index in [9.17, 15) is 22.4 Å². The molecule has 3 aliphatic rings. The number of amides is 1. The molecule has 204 valence electrons. The molecule has 1 spiro atoms. The maximum atomic E-state index is 14.7. The number of ether oxygens (including phenoxy) is 1. The number of carbonyl (C=O) groups is 1. The minimum Gasteiger partial charge on any atom is -0.492 e. The van der Waals surface area contributed by atoms with Crippen LogP contribution in [0.5, 0.6) is 5.75 Å². The third kappa shape index (κ3) is 4.53. The Balaban J connectivity index is 1.37. The lowest BCUT2D eigenvalue weighted by molar-refractivity contribution is -0.138. The maximum Gasteiger partial charge on any atom is 0.419 e. The summed E-state index contributed by atoms with van der Waals surface area (Å²) in [6, 6.07) is 8.87. The number of hydrogen-bond acceptors (Lipinski definition) is 6. The highest BCUT2D eigenvalue weighted by Crippen LogP contribution is 2.48. The molecule has 7 nitrogen and oxygen atoms in total. The van der Waals surface area contributed by atoms with Crippen molar-refractivity contribution in [2.24, 2.45) is 0 Å². The number of thiocarbonyl (C=S) groups is 1. The van der Waals surface area contributed by atoms with Gasteiger partial charge in [0.2, 0.25) is 0 Å². The lowest BCUT2D eigenvalue weighted by atomic mass is 9.75. The summed E-state index contributed by atoms with van der Waals surface area (Å²) in [6.45, 7) is 5.84. The summed E-state index contributed by atoms with van der Waals surface area (Å²) in [5.41, 5.74) is -3.55. The van der Waals surface area contributed by atoms with Crippen molar-refractivity contribution in [3.05, 3.63) is 59.9 Å². The average molecular weight is 560 g/mol. The Morgan fingerprint density at radius 2 is 2.00 bits per heavy atom. The molecule has 1 amide bonds. The normalized spacial score (nSPS) is 24.2. The number of nitriles is 1. The second kappa shape index (κ2) is 9.57. The van der Waals surface area contributed by atoms with Gasteiger partial charge in [-0.3, -0.25) is 9.69 Å². The number of nitrogens with zero attached hydrogens (tertiary/aromatic N) is 4. The number of alkyl halides is 4. The van der Waals surface area contributed by atoms with Gasteiger partial charge in [0.05, 0.1) is 17.4 Å². The van der Waals surface area contributed by atoms with Crippen molar-refractivity contribution in [1.82, 2.24) is 10.3 Å². The van der Waals surface area contributed by atoms with Crippen molar-refractivity contribution in [2.45, 2.75) is 56.0 Å². The minimum absolute atomic E-state index is 0.0298. The number of nitrogens with one attached hydrogen (secondary N) is 1. The summed E-state index contributed by atoms with van der Waals surface area (Å²) in [4.78, 5) is 20.0. The number of pyridine rings is 1. The summed E-state index contributed by atoms with van der Waals surface area (Å²) in [6.07, 6.45) is -1.78. The molecule has 1 aromatic heterocycles. The average Bonchev–Trinajstić information content (AvgIpc) is 3.37. The van der Waals surface area contributed by atoms with Crippen LogP contribution in [0.4, 0.5) is 28.9 Å². The van der Waals surface area contributed by atoms with Gasteiger partial charge in [-0.2, -0.15) is 18.4 Å². The number of aromatic nitrogens is 1. The van der Waals surface area contributed by atoms with Gasteiger partial charge >= 0.3 is 6.18 Å². The van der Waals surface area contributed by atoms with Gasteiger partial charge in [0.1, 0.15) is 29.6 Å². The molecule has 1 saturated carbocycles. The molecule has 0 radical (unpaired) electrons. The van der Waals surface area contributed by atoms with E-state index in [1.807, 2.05) is 0 Å². The number of benzene rings is 1. The highest BCUT2D eigenvalue weighted by molar-refractivity contribution is 7.81. The zero-order valence-corrected chi connectivity index (χ0v) is 21.8. The predicted molar refractivity (Wildman–Crippen MR) is 140 cm³/mol. The molecule has 2 aliphatic heterocycles. The minimum atomic E-state index is -4.83. The maximum absolute atomic E-state index is 14.7. The number of carbonyl (C=O) groups excluding carboxylic acids is 1. The zero-order valence-electron chi connectivity index (χ0n) is 21.0. The van der Waals surface area contributed by atoms with Gasteiger partial charge in [0.15, 0.2) is 10.8 Å². The van der Waals surface area contributed by atoms with E-state index >= 15 is 0 Å². The first-order valence-corrected chi connectivity index (χ1v) is 12.8. The van der Waals surface area contributed by atoms with Gasteiger partial charge < -0.3 is 15.0 Å². The van der Waals surface area contributed by atoms with Crippen LogP contribution in [0.3, 0.4) is 0 Å². The van der Waals surface area contributed by atoms with Crippen LogP contribution in [0, 0.1) is 11.3 Å². The molecule has 2 atom stereocenters. The first-order valence-electron chi connectivity index (χ1n) is 12.4. The van der Waals surface area contributed by atoms with Crippen LogP contribution >= 0.6 is 12.2 Å². The van der Waals surface area contributed by atoms with Gasteiger partial charge in [-0.05, 0) is 74.3 Å². The lowest BCUT2D eigenvalue weighted by Gasteiger charge is -2.43. The highest BCUT2D eigenvalue weighted by Gasteiger charge is 2.59. The zero-order chi connectivity index (χ0) is 28.2. The van der Waals surface area contributed by atoms with Crippen LogP contribution in [0.1, 0.15) is 43.9 Å². The molecule has 1 aliphatic carbocycles. The summed E-state index contributed by atoms with van der Waals surface area (Å²) in [5.74, 6) is 0.104. The first kappa shape index (κ1) is 27.0. The van der Waals surface area contributed by atoms with Crippen LogP contribution in [-0.4, -0.2) is 46.4 Å². The van der Waals surface area contributed by atoms with E-state index < -0.39 is 34.5 Å². The van der Waals surface area contributed by atoms with Crippen molar-refractivity contribution in [2.75, 3.05) is 23.0 Å². The lowest BCUT2D eigenvalue weighted by Crippen LogP contribution is -2.55. The Morgan fingerprint density at radius 1 is 1.31 bits per heavy atom. The van der Waals surface area contributed by atoms with E-state index in [0.717, 1.165) is 23.6 Å². The van der Waals surface area contributed by atoms with Crippen LogP contribution < -0.4 is 19.9 Å². The van der Waals surface area contributed by atoms with Gasteiger partial charge in [0.25, 0.3) is 5.91 Å². The molecule has 2 saturated heterocycles. The van der Waals surface area contributed by atoms with E-state index in [4.69, 9.17) is 22.2 Å². The van der Waals surface area contributed by atoms with Crippen molar-refractivity contribution < 1.29 is 27.1 Å². The van der Waals surface area contributed by atoms with Gasteiger partial charge in [-0.1, -0.05) is 6.58 Å². The Hall–Kier alpha value is -3.56. The van der Waals surface area contributed by atoms with Crippen molar-refractivity contribution in [3.63, 3.8) is 0 Å². The molecular formula is C27H25F4N5O2S. The highest BCUT2D eigenvalue weighted by atomic mass is 32.1. The van der Waals surface area contributed by atoms with Crippen molar-refractivity contribution >= 4 is 34.6 Å². The summed E-state index contributed by atoms with van der Waals surface area (Å²) in [5, 5.41) is 12.2. The Bertz CT molecular complexity index is 1390. The second-order valence-electron chi connectivity index (χ2n) is 10.2. The molecule has 39 heavy (non-hydrogen) atoms. The van der Waals surface area contributed by atoms with E-state index in [-0.39, 0.29) is 36.4 Å². The second-order valence-corrected chi connectivity index (χ2v) is 10.5. The molecule has 1 aromatic carbocycles. The van der Waals surface area contributed by atoms with Gasteiger partial charge in [-0.15, -0.1) is 0 Å². The number of anilines is 2. The quantitative estimate of drug-likeness (QED) is 0.301. The summed E-state index contributed by atoms with van der Waals surface area (Å²) >= 11 is 5.62. The SMILES string of the molecule is C=C(C)C1(F)CNC(COc2ccc(N3C(=S)N(c4cnc(C#N)c(C(F)(F)F)c4)C(=O)C34CCC4)cc2)C1. The van der Waals surface area contributed by atoms with Crippen LogP contribution in [0.15, 0.2) is 48.7 Å². The standard InChI is InChI=1S/C27H25F4N5O2S/c1-16(2)25(28)11-17(34-15-25)14-38-20-6-4-18(5-7-20)36-24(39)35(23(37)26(36)8-3-9-26)19-10-21(27(29,30)31)22(12-32)33-13-19/h4-7,10,13,17,34H,1,3,8-9,11,14-15H2,2H3. The summed E-state index contributed by atoms with van der Waals surface area (Å²) in [7, 11) is 0. The number of halogens is 4. The molecule has 2 unspecified atom stereocenters. The molecule has 0 bridgehead atoms. The molecule has 5 rings (SSSR count). The van der Waals surface area contributed by atoms with Crippen LogP contribution in [0.25, 0.3) is 0 Å². The molecule has 2 aromatic rings. The van der Waals surface area contributed by atoms with E-state index in [1.165, 1.54) is 6.07 Å². The van der Waals surface area contributed by atoms with Crippen LogP contribution in [0.2, 0.25) is 0 Å². The Morgan fingerprint density at radius 3 is 2.54 bits per heavy atom. The topological polar surface area (TPSA) is 81.5 Å². The van der Waals surface area contributed by atoms with Gasteiger partial charge in [0, 0.05) is 24.7 Å². The summed E-state index contributed by atoms with van der Waals surface area (Å²) < 4.78 is 61.3. The van der Waals surface area contributed by atoms with Gasteiger partial charge in [-0.25, -0.2) is 9.37 Å².